The fourth-order valence-corrected chi connectivity index (χ4v) is 2.88. The van der Waals surface area contributed by atoms with Crippen molar-refractivity contribution in [1.82, 2.24) is 5.32 Å². The molecule has 23 heavy (non-hydrogen) atoms. The fourth-order valence-electron chi connectivity index (χ4n) is 2.88. The van der Waals surface area contributed by atoms with E-state index in [0.717, 1.165) is 23.3 Å². The van der Waals surface area contributed by atoms with Crippen molar-refractivity contribution in [3.63, 3.8) is 0 Å². The number of benzene rings is 1. The van der Waals surface area contributed by atoms with Crippen LogP contribution in [0.1, 0.15) is 45.1 Å². The molecule has 0 radical (unpaired) electrons. The van der Waals surface area contributed by atoms with E-state index in [1.165, 1.54) is 0 Å². The number of amides is 2. The number of carbonyl (C=O) groups is 2. The summed E-state index contributed by atoms with van der Waals surface area (Å²) in [5.41, 5.74) is 1.95. The van der Waals surface area contributed by atoms with Crippen LogP contribution in [0.25, 0.3) is 0 Å². The topological polar surface area (TPSA) is 55.4 Å². The molecule has 0 saturated carbocycles. The van der Waals surface area contributed by atoms with Gasteiger partial charge in [0, 0.05) is 6.42 Å². The Morgan fingerprint density at radius 2 is 1.87 bits per heavy atom. The SMILES string of the molecule is C=C(C)CCOc1ccc(C2C(=O)NC(=O)C2CC(C)C)cc1. The summed E-state index contributed by atoms with van der Waals surface area (Å²) in [6, 6.07) is 7.48. The van der Waals surface area contributed by atoms with Crippen molar-refractivity contribution in [3.05, 3.63) is 42.0 Å². The maximum atomic E-state index is 12.1. The fraction of sp³-hybridized carbons (Fsp3) is 0.474. The lowest BCUT2D eigenvalue weighted by Crippen LogP contribution is -2.22. The molecule has 4 nitrogen and oxygen atoms in total. The number of rotatable bonds is 7. The number of hydrogen-bond donors (Lipinski definition) is 1. The first-order valence-electron chi connectivity index (χ1n) is 8.10. The largest absolute Gasteiger partial charge is 0.493 e. The zero-order valence-electron chi connectivity index (χ0n) is 14.1. The quantitative estimate of drug-likeness (QED) is 0.619. The smallest absolute Gasteiger partial charge is 0.234 e. The summed E-state index contributed by atoms with van der Waals surface area (Å²) >= 11 is 0. The maximum Gasteiger partial charge on any atom is 0.234 e. The number of imide groups is 1. The second-order valence-electron chi connectivity index (χ2n) is 6.69. The van der Waals surface area contributed by atoms with E-state index in [1.807, 2.05) is 31.2 Å². The Labute approximate surface area is 137 Å². The lowest BCUT2D eigenvalue weighted by atomic mass is 9.83. The van der Waals surface area contributed by atoms with Gasteiger partial charge in [-0.15, -0.1) is 6.58 Å². The van der Waals surface area contributed by atoms with E-state index in [9.17, 15) is 9.59 Å². The Kier molecular flexibility index (Phi) is 5.59. The van der Waals surface area contributed by atoms with Gasteiger partial charge in [0.2, 0.25) is 11.8 Å². The standard InChI is InChI=1S/C19H25NO3/c1-12(2)9-10-23-15-7-5-14(6-8-15)17-16(11-13(3)4)18(21)20-19(17)22/h5-8,13,16-17H,1,9-11H2,2-4H3,(H,20,21,22). The predicted molar refractivity (Wildman–Crippen MR) is 90.2 cm³/mol. The minimum Gasteiger partial charge on any atom is -0.493 e. The van der Waals surface area contributed by atoms with E-state index in [1.54, 1.807) is 0 Å². The lowest BCUT2D eigenvalue weighted by Gasteiger charge is -2.18. The molecule has 1 aromatic carbocycles. The number of carbonyl (C=O) groups excluding carboxylic acids is 2. The van der Waals surface area contributed by atoms with Gasteiger partial charge in [-0.1, -0.05) is 31.6 Å². The number of nitrogens with one attached hydrogen (secondary N) is 1. The van der Waals surface area contributed by atoms with Gasteiger partial charge < -0.3 is 4.74 Å². The first-order chi connectivity index (χ1) is 10.9. The zero-order valence-corrected chi connectivity index (χ0v) is 14.1. The molecule has 1 aromatic rings. The maximum absolute atomic E-state index is 12.1. The molecule has 0 aliphatic carbocycles. The summed E-state index contributed by atoms with van der Waals surface area (Å²) in [4.78, 5) is 24.1. The van der Waals surface area contributed by atoms with E-state index in [2.05, 4.69) is 25.7 Å². The number of ether oxygens (including phenoxy) is 1. The van der Waals surface area contributed by atoms with Crippen LogP contribution in [0.2, 0.25) is 0 Å². The third-order valence-corrected chi connectivity index (χ3v) is 4.03. The summed E-state index contributed by atoms with van der Waals surface area (Å²) in [6.45, 7) is 10.5. The van der Waals surface area contributed by atoms with Crippen LogP contribution in [-0.4, -0.2) is 18.4 Å². The highest BCUT2D eigenvalue weighted by atomic mass is 16.5. The van der Waals surface area contributed by atoms with E-state index in [0.29, 0.717) is 18.9 Å². The molecule has 0 bridgehead atoms. The molecule has 1 aliphatic heterocycles. The summed E-state index contributed by atoms with van der Waals surface area (Å²) < 4.78 is 5.65. The molecule has 2 unspecified atom stereocenters. The van der Waals surface area contributed by atoms with E-state index >= 15 is 0 Å². The van der Waals surface area contributed by atoms with Crippen molar-refractivity contribution < 1.29 is 14.3 Å². The molecule has 1 heterocycles. The van der Waals surface area contributed by atoms with Crippen LogP contribution >= 0.6 is 0 Å². The van der Waals surface area contributed by atoms with E-state index in [4.69, 9.17) is 4.74 Å². The molecule has 2 rings (SSSR count). The van der Waals surface area contributed by atoms with Crippen molar-refractivity contribution in [2.75, 3.05) is 6.61 Å². The van der Waals surface area contributed by atoms with Crippen LogP contribution in [0.4, 0.5) is 0 Å². The van der Waals surface area contributed by atoms with Crippen LogP contribution in [-0.2, 0) is 9.59 Å². The first-order valence-corrected chi connectivity index (χ1v) is 8.10. The van der Waals surface area contributed by atoms with Crippen molar-refractivity contribution in [3.8, 4) is 5.75 Å². The first kappa shape index (κ1) is 17.3. The third kappa shape index (κ3) is 4.44. The summed E-state index contributed by atoms with van der Waals surface area (Å²) in [5.74, 6) is 0.100. The van der Waals surface area contributed by atoms with Crippen molar-refractivity contribution in [2.45, 2.75) is 39.5 Å². The normalized spacial score (nSPS) is 20.7. The highest BCUT2D eigenvalue weighted by Crippen LogP contribution is 2.34. The van der Waals surface area contributed by atoms with Gasteiger partial charge in [0.05, 0.1) is 18.4 Å². The minimum absolute atomic E-state index is 0.157. The molecular weight excluding hydrogens is 290 g/mol. The van der Waals surface area contributed by atoms with Crippen LogP contribution in [0.15, 0.2) is 36.4 Å². The van der Waals surface area contributed by atoms with Gasteiger partial charge in [0.1, 0.15) is 5.75 Å². The Bertz CT molecular complexity index is 589. The van der Waals surface area contributed by atoms with Crippen molar-refractivity contribution in [1.29, 1.82) is 0 Å². The molecule has 0 aromatic heterocycles. The second kappa shape index (κ2) is 7.44. The van der Waals surface area contributed by atoms with Gasteiger partial charge in [-0.05, 0) is 37.0 Å². The number of hydrogen-bond acceptors (Lipinski definition) is 3. The Morgan fingerprint density at radius 1 is 1.22 bits per heavy atom. The Balaban J connectivity index is 2.09. The van der Waals surface area contributed by atoms with Gasteiger partial charge in [0.15, 0.2) is 0 Å². The molecular formula is C19H25NO3. The minimum atomic E-state index is -0.394. The van der Waals surface area contributed by atoms with Gasteiger partial charge >= 0.3 is 0 Å². The third-order valence-electron chi connectivity index (χ3n) is 4.03. The predicted octanol–water partition coefficient (Wildman–Crippen LogP) is 3.43. The van der Waals surface area contributed by atoms with Gasteiger partial charge in [0.25, 0.3) is 0 Å². The van der Waals surface area contributed by atoms with Gasteiger partial charge in [-0.3, -0.25) is 14.9 Å². The average Bonchev–Trinajstić information content (AvgIpc) is 2.73. The molecule has 1 saturated heterocycles. The van der Waals surface area contributed by atoms with E-state index < -0.39 is 5.92 Å². The Hall–Kier alpha value is -2.10. The zero-order chi connectivity index (χ0) is 17.0. The lowest BCUT2D eigenvalue weighted by molar-refractivity contribution is -0.126. The monoisotopic (exact) mass is 315 g/mol. The molecule has 2 atom stereocenters. The van der Waals surface area contributed by atoms with Crippen LogP contribution in [0.5, 0.6) is 5.75 Å². The highest BCUT2D eigenvalue weighted by Gasteiger charge is 2.42. The summed E-state index contributed by atoms with van der Waals surface area (Å²) in [7, 11) is 0. The van der Waals surface area contributed by atoms with Crippen LogP contribution in [0, 0.1) is 11.8 Å². The molecule has 0 spiro atoms. The molecule has 124 valence electrons. The molecule has 4 heteroatoms. The molecule has 1 aliphatic rings. The average molecular weight is 315 g/mol. The highest BCUT2D eigenvalue weighted by molar-refractivity contribution is 6.07. The second-order valence-corrected chi connectivity index (χ2v) is 6.69. The molecule has 1 fully saturated rings. The van der Waals surface area contributed by atoms with Gasteiger partial charge in [-0.2, -0.15) is 0 Å². The van der Waals surface area contributed by atoms with Crippen molar-refractivity contribution >= 4 is 11.8 Å². The summed E-state index contributed by atoms with van der Waals surface area (Å²) in [5, 5.41) is 2.46. The van der Waals surface area contributed by atoms with E-state index in [-0.39, 0.29) is 17.7 Å². The molecule has 2 amide bonds. The Morgan fingerprint density at radius 3 is 2.43 bits per heavy atom. The van der Waals surface area contributed by atoms with Crippen molar-refractivity contribution in [2.24, 2.45) is 11.8 Å². The van der Waals surface area contributed by atoms with Crippen LogP contribution < -0.4 is 10.1 Å². The van der Waals surface area contributed by atoms with Gasteiger partial charge in [-0.25, -0.2) is 0 Å². The summed E-state index contributed by atoms with van der Waals surface area (Å²) in [6.07, 6.45) is 1.52. The van der Waals surface area contributed by atoms with Crippen LogP contribution in [0.3, 0.4) is 0 Å². The molecule has 1 N–H and O–H groups in total.